The van der Waals surface area contributed by atoms with Gasteiger partial charge in [0.05, 0.1) is 0 Å². The minimum atomic E-state index is -0.488. The second-order valence-corrected chi connectivity index (χ2v) is 11.6. The number of hydrogen-bond acceptors (Lipinski definition) is 4. The van der Waals surface area contributed by atoms with Crippen molar-refractivity contribution in [2.24, 2.45) is 5.73 Å². The number of nitrogen functional groups attached to an aromatic ring is 1. The molecule has 0 spiro atoms. The molecule has 1 aliphatic carbocycles. The molecule has 0 saturated heterocycles. The summed E-state index contributed by atoms with van der Waals surface area (Å²) >= 11 is 0. The zero-order valence-electron chi connectivity index (χ0n) is 23.1. The number of nitrogens with zero attached hydrogens (tertiary/aromatic N) is 1. The summed E-state index contributed by atoms with van der Waals surface area (Å²) in [5, 5.41) is 18.4. The Balaban J connectivity index is 1.32. The van der Waals surface area contributed by atoms with E-state index < -0.39 is 5.60 Å². The molecule has 1 aliphatic rings. The largest absolute Gasteiger partial charge is 0.444 e. The molecule has 0 aliphatic heterocycles. The van der Waals surface area contributed by atoms with Gasteiger partial charge in [0.25, 0.3) is 0 Å². The number of nitrogens with two attached hydrogens (primary N) is 1. The van der Waals surface area contributed by atoms with E-state index in [1.165, 1.54) is 22.0 Å². The highest BCUT2D eigenvalue weighted by Gasteiger charge is 2.25. The fourth-order valence-corrected chi connectivity index (χ4v) is 5.58. The van der Waals surface area contributed by atoms with Crippen LogP contribution in [0.1, 0.15) is 63.3 Å². The third kappa shape index (κ3) is 6.42. The highest BCUT2D eigenvalue weighted by atomic mass is 16.6. The molecule has 1 amide bonds. The zero-order valence-corrected chi connectivity index (χ0v) is 23.1. The molecule has 5 rings (SSSR count). The van der Waals surface area contributed by atoms with Gasteiger partial charge in [0.2, 0.25) is 0 Å². The fraction of sp³-hybridized carbons (Fsp3) is 0.375. The number of amides is 1. The van der Waals surface area contributed by atoms with E-state index in [1.807, 2.05) is 32.9 Å². The summed E-state index contributed by atoms with van der Waals surface area (Å²) in [6, 6.07) is 23.7. The highest BCUT2D eigenvalue weighted by Crippen LogP contribution is 2.27. The van der Waals surface area contributed by atoms with E-state index in [1.54, 1.807) is 0 Å². The van der Waals surface area contributed by atoms with Gasteiger partial charge >= 0.3 is 6.09 Å². The Morgan fingerprint density at radius 3 is 2.44 bits per heavy atom. The van der Waals surface area contributed by atoms with Crippen molar-refractivity contribution in [2.75, 3.05) is 0 Å². The number of hydrogen-bond donors (Lipinski definition) is 4. The molecule has 4 aromatic rings. The number of fused-ring (bicyclic) bond motifs is 2. The summed E-state index contributed by atoms with van der Waals surface area (Å²) in [7, 11) is 0. The summed E-state index contributed by atoms with van der Waals surface area (Å²) in [6.45, 7) is 7.12. The van der Waals surface area contributed by atoms with Crippen molar-refractivity contribution < 1.29 is 9.53 Å². The maximum Gasteiger partial charge on any atom is 0.407 e. The van der Waals surface area contributed by atoms with E-state index in [0.717, 1.165) is 55.2 Å². The third-order valence-electron chi connectivity index (χ3n) is 7.53. The van der Waals surface area contributed by atoms with E-state index >= 15 is 0 Å². The van der Waals surface area contributed by atoms with Crippen molar-refractivity contribution in [3.63, 3.8) is 0 Å². The van der Waals surface area contributed by atoms with Crippen LogP contribution in [0.4, 0.5) is 4.79 Å². The maximum atomic E-state index is 12.2. The lowest BCUT2D eigenvalue weighted by Crippen LogP contribution is -2.43. The Labute approximate surface area is 230 Å². The van der Waals surface area contributed by atoms with Crippen molar-refractivity contribution in [1.29, 1.82) is 5.41 Å². The first-order chi connectivity index (χ1) is 18.7. The average Bonchev–Trinajstić information content (AvgIpc) is 3.24. The number of carbonyl (C=O) groups excluding carboxylic acids is 1. The highest BCUT2D eigenvalue weighted by molar-refractivity contribution is 5.99. The van der Waals surface area contributed by atoms with Gasteiger partial charge in [0.15, 0.2) is 0 Å². The normalized spacial score (nSPS) is 17.8. The molecule has 1 heterocycles. The maximum absolute atomic E-state index is 12.2. The quantitative estimate of drug-likeness (QED) is 0.174. The van der Waals surface area contributed by atoms with Gasteiger partial charge in [-0.1, -0.05) is 54.6 Å². The molecule has 7 heteroatoms. The lowest BCUT2D eigenvalue weighted by atomic mass is 9.91. The summed E-state index contributed by atoms with van der Waals surface area (Å²) in [5.41, 5.74) is 9.63. The first kappa shape index (κ1) is 26.8. The second-order valence-electron chi connectivity index (χ2n) is 11.6. The van der Waals surface area contributed by atoms with Gasteiger partial charge in [0.1, 0.15) is 11.4 Å². The monoisotopic (exact) mass is 525 g/mol. The topological polar surface area (TPSA) is 105 Å². The number of aromatic nitrogens is 1. The SMILES string of the molecule is CC(C)(C)OC(=O)NC1CCC(NCc2cc3ccc(C(=N)N)cc3n2Cc2cccc3ccccc23)CC1. The number of rotatable bonds is 7. The number of benzene rings is 3. The number of carbonyl (C=O) groups is 1. The van der Waals surface area contributed by atoms with Gasteiger partial charge < -0.3 is 25.7 Å². The molecule has 0 bridgehead atoms. The minimum absolute atomic E-state index is 0.0752. The zero-order chi connectivity index (χ0) is 27.6. The van der Waals surface area contributed by atoms with Crippen LogP contribution in [0.3, 0.4) is 0 Å². The molecule has 0 unspecified atom stereocenters. The first-order valence-electron chi connectivity index (χ1n) is 13.8. The van der Waals surface area contributed by atoms with E-state index in [0.29, 0.717) is 6.04 Å². The van der Waals surface area contributed by atoms with E-state index in [4.69, 9.17) is 15.9 Å². The molecular formula is C32H39N5O2. The van der Waals surface area contributed by atoms with Crippen molar-refractivity contribution in [3.8, 4) is 0 Å². The Morgan fingerprint density at radius 2 is 1.69 bits per heavy atom. The molecule has 1 saturated carbocycles. The molecule has 0 radical (unpaired) electrons. The van der Waals surface area contributed by atoms with Gasteiger partial charge in [-0.3, -0.25) is 5.41 Å². The van der Waals surface area contributed by atoms with Crippen LogP contribution >= 0.6 is 0 Å². The van der Waals surface area contributed by atoms with Gasteiger partial charge in [-0.2, -0.15) is 0 Å². The van der Waals surface area contributed by atoms with Crippen molar-refractivity contribution >= 4 is 33.6 Å². The van der Waals surface area contributed by atoms with Crippen molar-refractivity contribution in [3.05, 3.63) is 83.6 Å². The van der Waals surface area contributed by atoms with Crippen molar-refractivity contribution in [2.45, 2.75) is 77.2 Å². The standard InChI is InChI=1S/C32H39N5O2/c1-32(2,3)39-31(38)36-26-15-13-25(14-16-26)35-19-27-17-22-11-12-23(30(33)34)18-29(22)37(27)20-24-9-6-8-21-7-4-5-10-28(21)24/h4-12,17-18,25-26,35H,13-16,19-20H2,1-3H3,(H3,33,34)(H,36,38). The summed E-state index contributed by atoms with van der Waals surface area (Å²) in [6.07, 6.45) is 3.52. The van der Waals surface area contributed by atoms with Crippen LogP contribution in [-0.2, 0) is 17.8 Å². The van der Waals surface area contributed by atoms with Crippen LogP contribution in [0.5, 0.6) is 0 Å². The van der Waals surface area contributed by atoms with Crippen LogP contribution in [0.2, 0.25) is 0 Å². The smallest absolute Gasteiger partial charge is 0.407 e. The molecule has 7 nitrogen and oxygen atoms in total. The summed E-state index contributed by atoms with van der Waals surface area (Å²) in [5.74, 6) is 0.0752. The van der Waals surface area contributed by atoms with Crippen molar-refractivity contribution in [1.82, 2.24) is 15.2 Å². The van der Waals surface area contributed by atoms with E-state index in [-0.39, 0.29) is 18.0 Å². The number of ether oxygens (including phenoxy) is 1. The van der Waals surface area contributed by atoms with E-state index in [2.05, 4.69) is 69.8 Å². The molecule has 39 heavy (non-hydrogen) atoms. The van der Waals surface area contributed by atoms with Crippen LogP contribution in [0, 0.1) is 5.41 Å². The molecule has 1 fully saturated rings. The van der Waals surface area contributed by atoms with Gasteiger partial charge in [0, 0.05) is 41.9 Å². The van der Waals surface area contributed by atoms with Crippen LogP contribution < -0.4 is 16.4 Å². The van der Waals surface area contributed by atoms with Crippen LogP contribution in [0.15, 0.2) is 66.7 Å². The predicted octanol–water partition coefficient (Wildman–Crippen LogP) is 6.05. The molecule has 5 N–H and O–H groups in total. The molecule has 204 valence electrons. The predicted molar refractivity (Wildman–Crippen MR) is 158 cm³/mol. The number of nitrogens with one attached hydrogen (secondary N) is 3. The number of amidine groups is 1. The third-order valence-corrected chi connectivity index (χ3v) is 7.53. The van der Waals surface area contributed by atoms with Gasteiger partial charge in [-0.25, -0.2) is 4.79 Å². The first-order valence-corrected chi connectivity index (χ1v) is 13.8. The Hall–Kier alpha value is -3.84. The lowest BCUT2D eigenvalue weighted by molar-refractivity contribution is 0.0489. The Morgan fingerprint density at radius 1 is 0.974 bits per heavy atom. The summed E-state index contributed by atoms with van der Waals surface area (Å²) in [4.78, 5) is 12.2. The van der Waals surface area contributed by atoms with Crippen LogP contribution in [-0.4, -0.2) is 34.2 Å². The molecule has 3 aromatic carbocycles. The van der Waals surface area contributed by atoms with E-state index in [9.17, 15) is 4.79 Å². The molecule has 1 aromatic heterocycles. The van der Waals surface area contributed by atoms with Crippen LogP contribution in [0.25, 0.3) is 21.7 Å². The molecular weight excluding hydrogens is 486 g/mol. The van der Waals surface area contributed by atoms with Gasteiger partial charge in [-0.05, 0) is 80.3 Å². The summed E-state index contributed by atoms with van der Waals surface area (Å²) < 4.78 is 7.78. The minimum Gasteiger partial charge on any atom is -0.444 e. The fourth-order valence-electron chi connectivity index (χ4n) is 5.58. The van der Waals surface area contributed by atoms with Gasteiger partial charge in [-0.15, -0.1) is 0 Å². The Bertz CT molecular complexity index is 1490. The second kappa shape index (κ2) is 11.1. The molecule has 0 atom stereocenters. The number of alkyl carbamates (subject to hydrolysis) is 1. The Kier molecular flexibility index (Phi) is 7.62. The lowest BCUT2D eigenvalue weighted by Gasteiger charge is -2.30. The average molecular weight is 526 g/mol.